The first kappa shape index (κ1) is 9.19. The number of carbonyl (C=O) groups is 1. The van der Waals surface area contributed by atoms with Gasteiger partial charge in [-0.2, -0.15) is 0 Å². The predicted molar refractivity (Wildman–Crippen MR) is 52.8 cm³/mol. The largest absolute Gasteiger partial charge is 0.481 e. The van der Waals surface area contributed by atoms with Crippen molar-refractivity contribution >= 4 is 11.7 Å². The van der Waals surface area contributed by atoms with E-state index in [4.69, 9.17) is 5.21 Å². The Morgan fingerprint density at radius 2 is 1.87 bits per heavy atom. The van der Waals surface area contributed by atoms with E-state index in [0.717, 1.165) is 12.8 Å². The van der Waals surface area contributed by atoms with Crippen LogP contribution < -0.4 is 0 Å². The molecule has 0 unspecified atom stereocenters. The second-order valence-corrected chi connectivity index (χ2v) is 5.42. The molecule has 0 aliphatic heterocycles. The zero-order valence-electron chi connectivity index (χ0n) is 8.52. The lowest BCUT2D eigenvalue weighted by Crippen LogP contribution is -2.57. The number of nitrogens with zero attached hydrogens (tertiary/aromatic N) is 1. The molecule has 15 heavy (non-hydrogen) atoms. The molecule has 0 aromatic carbocycles. The Morgan fingerprint density at radius 1 is 1.27 bits per heavy atom. The summed E-state index contributed by atoms with van der Waals surface area (Å²) in [5.41, 5.74) is -0.258. The number of hydrogen-bond donors (Lipinski definition) is 2. The highest BCUT2D eigenvalue weighted by Gasteiger charge is 2.59. The van der Waals surface area contributed by atoms with Crippen molar-refractivity contribution in [1.29, 1.82) is 0 Å². The molecule has 4 aliphatic rings. The molecule has 4 heteroatoms. The molecule has 4 aliphatic carbocycles. The molecule has 4 fully saturated rings. The summed E-state index contributed by atoms with van der Waals surface area (Å²) in [4.78, 5) is 11.4. The molecule has 0 amide bonds. The van der Waals surface area contributed by atoms with Gasteiger partial charge in [-0.15, -0.1) is 0 Å². The summed E-state index contributed by atoms with van der Waals surface area (Å²) in [6.07, 6.45) is 4.63. The highest BCUT2D eigenvalue weighted by Crippen LogP contribution is 2.58. The summed E-state index contributed by atoms with van der Waals surface area (Å²) in [6.45, 7) is 0. The number of oxime groups is 1. The first-order chi connectivity index (χ1) is 7.15. The van der Waals surface area contributed by atoms with E-state index >= 15 is 0 Å². The van der Waals surface area contributed by atoms with Gasteiger partial charge >= 0.3 is 5.97 Å². The average Bonchev–Trinajstić information content (AvgIpc) is 2.16. The fourth-order valence-corrected chi connectivity index (χ4v) is 4.25. The number of hydrogen-bond acceptors (Lipinski definition) is 3. The van der Waals surface area contributed by atoms with Gasteiger partial charge in [0.15, 0.2) is 0 Å². The number of rotatable bonds is 1. The van der Waals surface area contributed by atoms with Crippen LogP contribution >= 0.6 is 0 Å². The summed E-state index contributed by atoms with van der Waals surface area (Å²) >= 11 is 0. The van der Waals surface area contributed by atoms with E-state index in [9.17, 15) is 9.90 Å². The van der Waals surface area contributed by atoms with E-state index in [2.05, 4.69) is 5.16 Å². The average molecular weight is 209 g/mol. The Labute approximate surface area is 88.0 Å². The molecule has 2 N–H and O–H groups in total. The van der Waals surface area contributed by atoms with E-state index < -0.39 is 11.4 Å². The predicted octanol–water partition coefficient (Wildman–Crippen LogP) is 1.73. The molecular weight excluding hydrogens is 194 g/mol. The van der Waals surface area contributed by atoms with E-state index in [1.54, 1.807) is 0 Å². The Hall–Kier alpha value is -1.06. The minimum atomic E-state index is -0.816. The molecule has 0 aromatic rings. The van der Waals surface area contributed by atoms with Gasteiger partial charge < -0.3 is 10.3 Å². The maximum absolute atomic E-state index is 11.4. The summed E-state index contributed by atoms with van der Waals surface area (Å²) in [7, 11) is 0. The SMILES string of the molecule is O=C(O)C12C[C@H]3CC(C[C@@H](C3)C1)/C2=N/O. The van der Waals surface area contributed by atoms with E-state index in [-0.39, 0.29) is 5.92 Å². The molecule has 82 valence electrons. The summed E-state index contributed by atoms with van der Waals surface area (Å²) in [6, 6.07) is 0. The molecule has 4 rings (SSSR count). The van der Waals surface area contributed by atoms with Crippen LogP contribution in [-0.4, -0.2) is 22.0 Å². The van der Waals surface area contributed by atoms with Gasteiger partial charge in [0.05, 0.1) is 5.71 Å². The standard InChI is InChI=1S/C11H15NO3/c13-10(14)11-4-6-1-7(5-11)3-8(2-6)9(11)12-15/h6-8,15H,1-5H2,(H,13,14)/b12-9-/t6-,7-,8?,11?/m1/s1. The molecule has 0 aromatic heterocycles. The highest BCUT2D eigenvalue weighted by atomic mass is 16.4. The van der Waals surface area contributed by atoms with Crippen LogP contribution in [0.5, 0.6) is 0 Å². The monoisotopic (exact) mass is 209 g/mol. The fraction of sp³-hybridized carbons (Fsp3) is 0.818. The van der Waals surface area contributed by atoms with Gasteiger partial charge in [0.25, 0.3) is 0 Å². The van der Waals surface area contributed by atoms with Gasteiger partial charge in [-0.05, 0) is 43.9 Å². The van der Waals surface area contributed by atoms with E-state index in [1.807, 2.05) is 0 Å². The Kier molecular flexibility index (Phi) is 1.68. The highest BCUT2D eigenvalue weighted by molar-refractivity contribution is 6.08. The van der Waals surface area contributed by atoms with Gasteiger partial charge in [0.2, 0.25) is 0 Å². The van der Waals surface area contributed by atoms with Gasteiger partial charge in [0, 0.05) is 5.92 Å². The van der Waals surface area contributed by atoms with Crippen molar-refractivity contribution in [3.63, 3.8) is 0 Å². The molecule has 0 radical (unpaired) electrons. The van der Waals surface area contributed by atoms with Crippen molar-refractivity contribution in [2.45, 2.75) is 32.1 Å². The van der Waals surface area contributed by atoms with Crippen molar-refractivity contribution in [2.75, 3.05) is 0 Å². The number of aliphatic carboxylic acids is 1. The van der Waals surface area contributed by atoms with Crippen molar-refractivity contribution in [1.82, 2.24) is 0 Å². The Morgan fingerprint density at radius 3 is 2.33 bits per heavy atom. The molecule has 0 spiro atoms. The van der Waals surface area contributed by atoms with Crippen LogP contribution in [0.3, 0.4) is 0 Å². The minimum Gasteiger partial charge on any atom is -0.481 e. The normalized spacial score (nSPS) is 49.9. The maximum Gasteiger partial charge on any atom is 0.315 e. The molecule has 0 saturated heterocycles. The number of carboxylic acid groups (broad SMARTS) is 1. The third kappa shape index (κ3) is 1.02. The van der Waals surface area contributed by atoms with Crippen molar-refractivity contribution in [3.05, 3.63) is 0 Å². The summed E-state index contributed by atoms with van der Waals surface area (Å²) in [5.74, 6) is 0.542. The van der Waals surface area contributed by atoms with Crippen LogP contribution in [0.4, 0.5) is 0 Å². The Bertz CT molecular complexity index is 336. The van der Waals surface area contributed by atoms with Gasteiger partial charge in [-0.1, -0.05) is 5.16 Å². The zero-order valence-corrected chi connectivity index (χ0v) is 8.52. The van der Waals surface area contributed by atoms with Gasteiger partial charge in [-0.3, -0.25) is 4.79 Å². The summed E-state index contributed by atoms with van der Waals surface area (Å²) < 4.78 is 0. The topological polar surface area (TPSA) is 69.9 Å². The van der Waals surface area contributed by atoms with E-state index in [1.165, 1.54) is 6.42 Å². The van der Waals surface area contributed by atoms with E-state index in [0.29, 0.717) is 30.4 Å². The molecule has 4 nitrogen and oxygen atoms in total. The van der Waals surface area contributed by atoms with Crippen LogP contribution in [0.15, 0.2) is 5.16 Å². The van der Waals surface area contributed by atoms with Crippen LogP contribution in [0.1, 0.15) is 32.1 Å². The molecule has 0 heterocycles. The van der Waals surface area contributed by atoms with Gasteiger partial charge in [0.1, 0.15) is 5.41 Å². The number of carboxylic acids is 1. The quantitative estimate of drug-likeness (QED) is 0.510. The van der Waals surface area contributed by atoms with Crippen molar-refractivity contribution < 1.29 is 15.1 Å². The maximum atomic E-state index is 11.4. The van der Waals surface area contributed by atoms with Crippen LogP contribution in [-0.2, 0) is 4.79 Å². The third-order valence-corrected chi connectivity index (χ3v) is 4.57. The summed E-state index contributed by atoms with van der Waals surface area (Å²) in [5, 5.41) is 21.7. The lowest BCUT2D eigenvalue weighted by atomic mass is 9.48. The van der Waals surface area contributed by atoms with Crippen LogP contribution in [0, 0.1) is 23.2 Å². The fourth-order valence-electron chi connectivity index (χ4n) is 4.25. The van der Waals surface area contributed by atoms with Crippen LogP contribution in [0.25, 0.3) is 0 Å². The first-order valence-electron chi connectivity index (χ1n) is 5.61. The lowest BCUT2D eigenvalue weighted by molar-refractivity contribution is -0.151. The Balaban J connectivity index is 2.08. The first-order valence-corrected chi connectivity index (χ1v) is 5.61. The smallest absolute Gasteiger partial charge is 0.315 e. The van der Waals surface area contributed by atoms with Crippen LogP contribution in [0.2, 0.25) is 0 Å². The third-order valence-electron chi connectivity index (χ3n) is 4.57. The van der Waals surface area contributed by atoms with Crippen molar-refractivity contribution in [3.8, 4) is 0 Å². The zero-order chi connectivity index (χ0) is 10.6. The molecule has 4 bridgehead atoms. The molecular formula is C11H15NO3. The lowest BCUT2D eigenvalue weighted by Gasteiger charge is -2.54. The molecule has 4 saturated carbocycles. The van der Waals surface area contributed by atoms with Crippen molar-refractivity contribution in [2.24, 2.45) is 28.3 Å². The second kappa shape index (κ2) is 2.74. The van der Waals surface area contributed by atoms with Gasteiger partial charge in [-0.25, -0.2) is 0 Å². The molecule has 2 atom stereocenters. The second-order valence-electron chi connectivity index (χ2n) is 5.42. The minimum absolute atomic E-state index is 0.234.